The molecule has 2 saturated heterocycles. The molecule has 0 aromatic rings. The second-order valence-corrected chi connectivity index (χ2v) is 9.95. The minimum Gasteiger partial charge on any atom is -0.394 e. The summed E-state index contributed by atoms with van der Waals surface area (Å²) in [5.74, 6) is 0.000233. The van der Waals surface area contributed by atoms with Gasteiger partial charge in [-0.3, -0.25) is 4.79 Å². The monoisotopic (exact) mass is 492 g/mol. The number of rotatable bonds is 7. The van der Waals surface area contributed by atoms with E-state index in [0.717, 1.165) is 5.57 Å². The van der Waals surface area contributed by atoms with Crippen LogP contribution in [0.5, 0.6) is 0 Å². The molecule has 0 saturated carbocycles. The molecule has 0 amide bonds. The number of allylic oxidation sites excluding steroid dienone is 1. The molecule has 2 aliphatic heterocycles. The van der Waals surface area contributed by atoms with Gasteiger partial charge in [-0.15, -0.1) is 0 Å². The molecule has 3 aliphatic rings. The highest BCUT2D eigenvalue weighted by Gasteiger charge is 2.47. The quantitative estimate of drug-likeness (QED) is 0.190. The number of aliphatic hydroxyl groups excluding tert-OH is 7. The number of aliphatic hydroxyl groups is 7. The predicted octanol–water partition coefficient (Wildman–Crippen LogP) is -3.02. The van der Waals surface area contributed by atoms with Crippen LogP contribution < -0.4 is 0 Å². The largest absolute Gasteiger partial charge is 0.394 e. The van der Waals surface area contributed by atoms with Crippen molar-refractivity contribution >= 4 is 5.78 Å². The zero-order chi connectivity index (χ0) is 25.4. The number of hydrogen-bond donors (Lipinski definition) is 7. The molecule has 0 radical (unpaired) electrons. The Bertz CT molecular complexity index is 739. The summed E-state index contributed by atoms with van der Waals surface area (Å²) in [6.45, 7) is 4.37. The standard InChI is InChI=1S/C22H36O12/c1-9-4-10(24)5-22(2,3)20(9)31-7-12-15(26)17(28)16(27)13(33-12)8-32-21-19(30)18(29)14(25)11(6-23)34-21/h4,11-21,23,25-30H,5-8H2,1-3H3. The van der Waals surface area contributed by atoms with Crippen molar-refractivity contribution in [3.05, 3.63) is 11.6 Å². The maximum atomic E-state index is 11.9. The number of hydrogen-bond acceptors (Lipinski definition) is 12. The van der Waals surface area contributed by atoms with Crippen LogP contribution in [0, 0.1) is 5.41 Å². The zero-order valence-corrected chi connectivity index (χ0v) is 19.4. The SMILES string of the molecule is CC1=CC(=O)CC(C)(C)C1OCC1OC(COC2OC(CO)C(O)C(O)C2O)C(O)C(O)C1O. The summed E-state index contributed by atoms with van der Waals surface area (Å²) in [6, 6.07) is 0. The lowest BCUT2D eigenvalue weighted by atomic mass is 9.74. The van der Waals surface area contributed by atoms with Gasteiger partial charge in [-0.1, -0.05) is 13.8 Å². The maximum absolute atomic E-state index is 11.9. The van der Waals surface area contributed by atoms with Crippen LogP contribution in [0.2, 0.25) is 0 Å². The third-order valence-electron chi connectivity index (χ3n) is 6.65. The summed E-state index contributed by atoms with van der Waals surface area (Å²) >= 11 is 0. The summed E-state index contributed by atoms with van der Waals surface area (Å²) in [5, 5.41) is 70.2. The van der Waals surface area contributed by atoms with Crippen LogP contribution in [0.25, 0.3) is 0 Å². The first-order valence-electron chi connectivity index (χ1n) is 11.3. The van der Waals surface area contributed by atoms with Gasteiger partial charge in [0.15, 0.2) is 12.1 Å². The average molecular weight is 493 g/mol. The van der Waals surface area contributed by atoms with Crippen molar-refractivity contribution < 1.29 is 59.5 Å². The van der Waals surface area contributed by atoms with E-state index in [2.05, 4.69) is 0 Å². The fourth-order valence-electron chi connectivity index (χ4n) is 4.78. The second kappa shape index (κ2) is 10.9. The number of ketones is 1. The molecular formula is C22H36O12. The van der Waals surface area contributed by atoms with Gasteiger partial charge in [-0.2, -0.15) is 0 Å². The first-order chi connectivity index (χ1) is 15.9. The Labute approximate surface area is 197 Å². The molecule has 2 fully saturated rings. The Morgan fingerprint density at radius 2 is 1.38 bits per heavy atom. The number of carbonyl (C=O) groups is 1. The van der Waals surface area contributed by atoms with E-state index in [1.165, 1.54) is 6.08 Å². The minimum absolute atomic E-state index is 0.000233. The van der Waals surface area contributed by atoms with Gasteiger partial charge in [-0.25, -0.2) is 0 Å². The molecule has 12 heteroatoms. The van der Waals surface area contributed by atoms with Gasteiger partial charge in [-0.05, 0) is 18.6 Å². The third kappa shape index (κ3) is 5.68. The first-order valence-corrected chi connectivity index (χ1v) is 11.3. The first kappa shape index (κ1) is 27.6. The summed E-state index contributed by atoms with van der Waals surface area (Å²) in [5.41, 5.74) is 0.244. The van der Waals surface area contributed by atoms with E-state index in [-0.39, 0.29) is 12.4 Å². The van der Waals surface area contributed by atoms with E-state index in [0.29, 0.717) is 6.42 Å². The normalized spacial score (nSPS) is 45.2. The van der Waals surface area contributed by atoms with Crippen molar-refractivity contribution in [1.29, 1.82) is 0 Å². The van der Waals surface area contributed by atoms with Crippen LogP contribution in [-0.4, -0.2) is 129 Å². The van der Waals surface area contributed by atoms with E-state index in [9.17, 15) is 40.5 Å². The molecule has 11 atom stereocenters. The summed E-state index contributed by atoms with van der Waals surface area (Å²) < 4.78 is 22.4. The van der Waals surface area contributed by atoms with E-state index in [4.69, 9.17) is 18.9 Å². The molecule has 0 spiro atoms. The van der Waals surface area contributed by atoms with Gasteiger partial charge in [0.05, 0.1) is 25.9 Å². The molecule has 0 aromatic carbocycles. The Kier molecular flexibility index (Phi) is 8.86. The third-order valence-corrected chi connectivity index (χ3v) is 6.65. The molecule has 0 aromatic heterocycles. The summed E-state index contributed by atoms with van der Waals surface area (Å²) in [6.07, 6.45) is -12.8. The Morgan fingerprint density at radius 3 is 1.94 bits per heavy atom. The summed E-state index contributed by atoms with van der Waals surface area (Å²) in [7, 11) is 0. The van der Waals surface area contributed by atoms with Crippen LogP contribution in [0.15, 0.2) is 11.6 Å². The molecule has 34 heavy (non-hydrogen) atoms. The smallest absolute Gasteiger partial charge is 0.186 e. The van der Waals surface area contributed by atoms with Crippen molar-refractivity contribution in [1.82, 2.24) is 0 Å². The van der Waals surface area contributed by atoms with E-state index >= 15 is 0 Å². The van der Waals surface area contributed by atoms with Crippen molar-refractivity contribution in [2.24, 2.45) is 5.41 Å². The van der Waals surface area contributed by atoms with Crippen LogP contribution >= 0.6 is 0 Å². The van der Waals surface area contributed by atoms with Crippen molar-refractivity contribution in [3.63, 3.8) is 0 Å². The lowest BCUT2D eigenvalue weighted by molar-refractivity contribution is -0.315. The molecule has 1 aliphatic carbocycles. The number of carbonyl (C=O) groups excluding carboxylic acids is 1. The van der Waals surface area contributed by atoms with Crippen LogP contribution in [0.4, 0.5) is 0 Å². The van der Waals surface area contributed by atoms with Gasteiger partial charge in [0.25, 0.3) is 0 Å². The van der Waals surface area contributed by atoms with Crippen LogP contribution in [-0.2, 0) is 23.7 Å². The highest BCUT2D eigenvalue weighted by Crippen LogP contribution is 2.37. The Hall–Kier alpha value is -1.03. The van der Waals surface area contributed by atoms with Gasteiger partial charge in [0, 0.05) is 11.8 Å². The van der Waals surface area contributed by atoms with E-state index in [1.54, 1.807) is 6.92 Å². The van der Waals surface area contributed by atoms with Crippen molar-refractivity contribution in [3.8, 4) is 0 Å². The topological polar surface area (TPSA) is 196 Å². The fourth-order valence-corrected chi connectivity index (χ4v) is 4.78. The Morgan fingerprint density at radius 1 is 0.853 bits per heavy atom. The Balaban J connectivity index is 1.62. The van der Waals surface area contributed by atoms with Gasteiger partial charge in [0.1, 0.15) is 54.9 Å². The molecule has 196 valence electrons. The highest BCUT2D eigenvalue weighted by atomic mass is 16.7. The average Bonchev–Trinajstić information content (AvgIpc) is 2.76. The number of ether oxygens (including phenoxy) is 4. The van der Waals surface area contributed by atoms with Crippen LogP contribution in [0.1, 0.15) is 27.2 Å². The lowest BCUT2D eigenvalue weighted by Gasteiger charge is -2.44. The molecular weight excluding hydrogens is 456 g/mol. The minimum atomic E-state index is -1.64. The lowest BCUT2D eigenvalue weighted by Crippen LogP contribution is -2.62. The molecule has 3 rings (SSSR count). The van der Waals surface area contributed by atoms with Crippen molar-refractivity contribution in [2.45, 2.75) is 94.5 Å². The molecule has 2 heterocycles. The maximum Gasteiger partial charge on any atom is 0.186 e. The molecule has 11 unspecified atom stereocenters. The predicted molar refractivity (Wildman–Crippen MR) is 113 cm³/mol. The molecule has 7 N–H and O–H groups in total. The van der Waals surface area contributed by atoms with Gasteiger partial charge < -0.3 is 54.7 Å². The van der Waals surface area contributed by atoms with E-state index < -0.39 is 86.0 Å². The van der Waals surface area contributed by atoms with Crippen molar-refractivity contribution in [2.75, 3.05) is 19.8 Å². The zero-order valence-electron chi connectivity index (χ0n) is 19.4. The fraction of sp³-hybridized carbons (Fsp3) is 0.864. The summed E-state index contributed by atoms with van der Waals surface area (Å²) in [4.78, 5) is 11.9. The van der Waals surface area contributed by atoms with Gasteiger partial charge in [0.2, 0.25) is 0 Å². The second-order valence-electron chi connectivity index (χ2n) is 9.95. The van der Waals surface area contributed by atoms with Crippen LogP contribution in [0.3, 0.4) is 0 Å². The highest BCUT2D eigenvalue weighted by molar-refractivity contribution is 5.92. The van der Waals surface area contributed by atoms with Gasteiger partial charge >= 0.3 is 0 Å². The molecule has 0 bridgehead atoms. The molecule has 12 nitrogen and oxygen atoms in total. The van der Waals surface area contributed by atoms with E-state index in [1.807, 2.05) is 13.8 Å².